The highest BCUT2D eigenvalue weighted by Gasteiger charge is 2.58. The Morgan fingerprint density at radius 3 is 2.61 bits per heavy atom. The standard InChI is InChI=1S/C21H20F3N3O4/c1-14-3-2-8-25-17(14)18(28)26-9-10-30-13-20(11-26)12-27(19(29)21(23,24)31-20)16-6-4-15(22)5-7-16/h2-8H,9-13H2,1H3. The Labute approximate surface area is 176 Å². The Hall–Kier alpha value is -2.98. The number of aromatic nitrogens is 1. The number of aryl methyl sites for hydroxylation is 1. The van der Waals surface area contributed by atoms with Gasteiger partial charge in [-0.1, -0.05) is 6.07 Å². The van der Waals surface area contributed by atoms with Crippen LogP contribution >= 0.6 is 0 Å². The smallest absolute Gasteiger partial charge is 0.376 e. The van der Waals surface area contributed by atoms with E-state index in [1.54, 1.807) is 19.1 Å². The Kier molecular flexibility index (Phi) is 5.44. The van der Waals surface area contributed by atoms with E-state index in [1.807, 2.05) is 0 Å². The zero-order valence-corrected chi connectivity index (χ0v) is 16.7. The molecule has 1 aromatic carbocycles. The van der Waals surface area contributed by atoms with Crippen molar-refractivity contribution in [2.75, 3.05) is 37.7 Å². The fraction of sp³-hybridized carbons (Fsp3) is 0.381. The summed E-state index contributed by atoms with van der Waals surface area (Å²) in [4.78, 5) is 31.7. The van der Waals surface area contributed by atoms with Crippen LogP contribution in [0.5, 0.6) is 0 Å². The van der Waals surface area contributed by atoms with E-state index in [0.29, 0.717) is 5.56 Å². The number of nitrogens with zero attached hydrogens (tertiary/aromatic N) is 3. The number of morpholine rings is 1. The van der Waals surface area contributed by atoms with Crippen molar-refractivity contribution in [3.8, 4) is 0 Å². The molecule has 1 unspecified atom stereocenters. The van der Waals surface area contributed by atoms with Crippen LogP contribution < -0.4 is 4.90 Å². The first-order valence-corrected chi connectivity index (χ1v) is 9.65. The number of hydrogen-bond acceptors (Lipinski definition) is 5. The van der Waals surface area contributed by atoms with Crippen molar-refractivity contribution in [2.24, 2.45) is 0 Å². The molecule has 164 valence electrons. The molecule has 4 rings (SSSR count). The molecule has 0 saturated carbocycles. The van der Waals surface area contributed by atoms with E-state index >= 15 is 0 Å². The Balaban J connectivity index is 1.66. The quantitative estimate of drug-likeness (QED) is 0.725. The van der Waals surface area contributed by atoms with Crippen molar-refractivity contribution in [3.05, 3.63) is 59.7 Å². The fourth-order valence-corrected chi connectivity index (χ4v) is 3.79. The highest BCUT2D eigenvalue weighted by atomic mass is 19.3. The first-order chi connectivity index (χ1) is 14.7. The summed E-state index contributed by atoms with van der Waals surface area (Å²) >= 11 is 0. The van der Waals surface area contributed by atoms with Gasteiger partial charge in [0, 0.05) is 18.4 Å². The molecule has 2 aliphatic heterocycles. The number of carbonyl (C=O) groups is 2. The lowest BCUT2D eigenvalue weighted by Gasteiger charge is -2.45. The van der Waals surface area contributed by atoms with Gasteiger partial charge in [0.25, 0.3) is 5.91 Å². The highest BCUT2D eigenvalue weighted by molar-refractivity contribution is 5.98. The number of carbonyl (C=O) groups excluding carboxylic acids is 2. The predicted octanol–water partition coefficient (Wildman–Crippen LogP) is 2.40. The van der Waals surface area contributed by atoms with Crippen molar-refractivity contribution >= 4 is 17.5 Å². The molecule has 7 nitrogen and oxygen atoms in total. The Bertz CT molecular complexity index is 1000. The van der Waals surface area contributed by atoms with Gasteiger partial charge in [0.2, 0.25) is 0 Å². The molecule has 2 fully saturated rings. The van der Waals surface area contributed by atoms with Gasteiger partial charge in [-0.3, -0.25) is 19.3 Å². The summed E-state index contributed by atoms with van der Waals surface area (Å²) in [6, 6.07) is 8.04. The van der Waals surface area contributed by atoms with Crippen LogP contribution in [0.1, 0.15) is 16.1 Å². The summed E-state index contributed by atoms with van der Waals surface area (Å²) in [6.45, 7) is 1.21. The molecule has 31 heavy (non-hydrogen) atoms. The van der Waals surface area contributed by atoms with Gasteiger partial charge in [-0.25, -0.2) is 4.39 Å². The van der Waals surface area contributed by atoms with Crippen molar-refractivity contribution < 1.29 is 32.2 Å². The molecule has 2 aromatic rings. The molecular weight excluding hydrogens is 415 g/mol. The number of benzene rings is 1. The summed E-state index contributed by atoms with van der Waals surface area (Å²) in [5.74, 6) is -2.57. The van der Waals surface area contributed by atoms with Crippen LogP contribution in [0.2, 0.25) is 0 Å². The van der Waals surface area contributed by atoms with E-state index in [-0.39, 0.29) is 44.2 Å². The van der Waals surface area contributed by atoms with Crippen LogP contribution in [-0.4, -0.2) is 66.3 Å². The number of pyridine rings is 1. The lowest BCUT2D eigenvalue weighted by molar-refractivity contribution is -0.293. The topological polar surface area (TPSA) is 72.0 Å². The minimum atomic E-state index is -4.14. The molecule has 2 saturated heterocycles. The number of amides is 2. The summed E-state index contributed by atoms with van der Waals surface area (Å²) in [5.41, 5.74) is -0.740. The molecule has 3 heterocycles. The predicted molar refractivity (Wildman–Crippen MR) is 103 cm³/mol. The number of rotatable bonds is 2. The van der Waals surface area contributed by atoms with Crippen LogP contribution in [0.25, 0.3) is 0 Å². The van der Waals surface area contributed by atoms with E-state index in [4.69, 9.17) is 9.47 Å². The van der Waals surface area contributed by atoms with Gasteiger partial charge >= 0.3 is 12.0 Å². The third-order valence-electron chi connectivity index (χ3n) is 5.27. The number of ether oxygens (including phenoxy) is 2. The minimum Gasteiger partial charge on any atom is -0.376 e. The summed E-state index contributed by atoms with van der Waals surface area (Å²) in [6.07, 6.45) is -2.67. The maximum atomic E-state index is 14.6. The molecule has 10 heteroatoms. The summed E-state index contributed by atoms with van der Waals surface area (Å²) < 4.78 is 53.0. The van der Waals surface area contributed by atoms with Gasteiger partial charge in [0.05, 0.1) is 26.3 Å². The van der Waals surface area contributed by atoms with Gasteiger partial charge in [0.1, 0.15) is 17.1 Å². The maximum absolute atomic E-state index is 14.6. The molecule has 2 amide bonds. The van der Waals surface area contributed by atoms with E-state index in [9.17, 15) is 22.8 Å². The van der Waals surface area contributed by atoms with Crippen LogP contribution in [-0.2, 0) is 14.3 Å². The van der Waals surface area contributed by atoms with E-state index < -0.39 is 29.3 Å². The normalized spacial score (nSPS) is 23.7. The molecule has 1 spiro atoms. The fourth-order valence-electron chi connectivity index (χ4n) is 3.79. The van der Waals surface area contributed by atoms with Crippen molar-refractivity contribution in [1.82, 2.24) is 9.88 Å². The lowest BCUT2D eigenvalue weighted by Crippen LogP contribution is -2.66. The first-order valence-electron chi connectivity index (χ1n) is 9.65. The van der Waals surface area contributed by atoms with Gasteiger partial charge in [-0.15, -0.1) is 0 Å². The van der Waals surface area contributed by atoms with E-state index in [2.05, 4.69) is 4.98 Å². The molecule has 0 radical (unpaired) electrons. The Morgan fingerprint density at radius 2 is 1.90 bits per heavy atom. The zero-order valence-electron chi connectivity index (χ0n) is 16.7. The number of alkyl halides is 2. The summed E-state index contributed by atoms with van der Waals surface area (Å²) in [5, 5.41) is 0. The third kappa shape index (κ3) is 4.13. The largest absolute Gasteiger partial charge is 0.437 e. The van der Waals surface area contributed by atoms with Crippen molar-refractivity contribution in [2.45, 2.75) is 18.6 Å². The van der Waals surface area contributed by atoms with Gasteiger partial charge in [-0.05, 0) is 42.8 Å². The van der Waals surface area contributed by atoms with E-state index in [1.165, 1.54) is 23.2 Å². The number of anilines is 1. The summed E-state index contributed by atoms with van der Waals surface area (Å²) in [7, 11) is 0. The highest BCUT2D eigenvalue weighted by Crippen LogP contribution is 2.37. The average Bonchev–Trinajstić information content (AvgIpc) is 2.93. The van der Waals surface area contributed by atoms with Crippen molar-refractivity contribution in [3.63, 3.8) is 0 Å². The molecule has 0 bridgehead atoms. The van der Waals surface area contributed by atoms with Crippen LogP contribution in [0.4, 0.5) is 18.9 Å². The lowest BCUT2D eigenvalue weighted by atomic mass is 10.00. The molecule has 1 aromatic heterocycles. The Morgan fingerprint density at radius 1 is 1.16 bits per heavy atom. The minimum absolute atomic E-state index is 0.0939. The van der Waals surface area contributed by atoms with Crippen molar-refractivity contribution in [1.29, 1.82) is 0 Å². The second-order valence-electron chi connectivity index (χ2n) is 7.62. The second-order valence-corrected chi connectivity index (χ2v) is 7.62. The zero-order chi connectivity index (χ0) is 22.2. The van der Waals surface area contributed by atoms with Gasteiger partial charge < -0.3 is 14.5 Å². The number of halogens is 3. The SMILES string of the molecule is Cc1cccnc1C(=O)N1CCOCC2(C1)CN(c1ccc(F)cc1)C(=O)C(F)(F)O2. The van der Waals surface area contributed by atoms with Gasteiger partial charge in [0.15, 0.2) is 0 Å². The number of hydrogen-bond donors (Lipinski definition) is 0. The van der Waals surface area contributed by atoms with E-state index in [0.717, 1.165) is 17.0 Å². The maximum Gasteiger partial charge on any atom is 0.437 e. The molecule has 1 atom stereocenters. The molecule has 0 N–H and O–H groups in total. The van der Waals surface area contributed by atoms with Crippen LogP contribution in [0.3, 0.4) is 0 Å². The first kappa shape index (κ1) is 21.3. The molecule has 0 aliphatic carbocycles. The average molecular weight is 435 g/mol. The van der Waals surface area contributed by atoms with Crippen LogP contribution in [0.15, 0.2) is 42.6 Å². The van der Waals surface area contributed by atoms with Gasteiger partial charge in [-0.2, -0.15) is 8.78 Å². The molecule has 2 aliphatic rings. The third-order valence-corrected chi connectivity index (χ3v) is 5.27. The van der Waals surface area contributed by atoms with Crippen LogP contribution in [0, 0.1) is 12.7 Å². The second kappa shape index (κ2) is 7.93. The monoisotopic (exact) mass is 435 g/mol. The molecular formula is C21H20F3N3O4.